The number of aromatic nitrogens is 1. The molecule has 0 spiro atoms. The van der Waals surface area contributed by atoms with Crippen molar-refractivity contribution in [2.45, 2.75) is 45.1 Å². The summed E-state index contributed by atoms with van der Waals surface area (Å²) in [6.07, 6.45) is 7.65. The Morgan fingerprint density at radius 3 is 2.96 bits per heavy atom. The van der Waals surface area contributed by atoms with Crippen molar-refractivity contribution in [3.05, 3.63) is 41.1 Å². The number of hydrogen-bond acceptors (Lipinski definition) is 2. The van der Waals surface area contributed by atoms with E-state index in [-0.39, 0.29) is 11.8 Å². The van der Waals surface area contributed by atoms with Gasteiger partial charge in [0.25, 0.3) is 0 Å². The molecule has 2 unspecified atom stereocenters. The number of aromatic amines is 1. The number of nitrogens with zero attached hydrogens (tertiary/aromatic N) is 1. The summed E-state index contributed by atoms with van der Waals surface area (Å²) in [6, 6.07) is 4.81. The molecular weight excluding hydrogens is 310 g/mol. The van der Waals surface area contributed by atoms with Crippen LogP contribution in [-0.2, 0) is 11.2 Å². The minimum Gasteiger partial charge on any atom is -0.369 e. The van der Waals surface area contributed by atoms with Gasteiger partial charge in [0, 0.05) is 29.7 Å². The van der Waals surface area contributed by atoms with E-state index < -0.39 is 0 Å². The molecule has 1 aliphatic carbocycles. The van der Waals surface area contributed by atoms with Crippen molar-refractivity contribution in [1.82, 2.24) is 9.88 Å². The number of rotatable bonds is 4. The van der Waals surface area contributed by atoms with Crippen molar-refractivity contribution in [3.63, 3.8) is 0 Å². The lowest BCUT2D eigenvalue weighted by Crippen LogP contribution is -2.45. The maximum Gasteiger partial charge on any atom is 0.225 e. The van der Waals surface area contributed by atoms with Gasteiger partial charge in [0.15, 0.2) is 0 Å². The van der Waals surface area contributed by atoms with Crippen LogP contribution >= 0.6 is 0 Å². The molecule has 2 heterocycles. The molecule has 1 aromatic carbocycles. The van der Waals surface area contributed by atoms with Crippen LogP contribution in [0.2, 0.25) is 0 Å². The largest absolute Gasteiger partial charge is 0.369 e. The zero-order valence-corrected chi connectivity index (χ0v) is 15.3. The minimum absolute atomic E-state index is 0.207. The highest BCUT2D eigenvalue weighted by Gasteiger charge is 2.36. The highest BCUT2D eigenvalue weighted by atomic mass is 16.1. The van der Waals surface area contributed by atoms with Gasteiger partial charge in [-0.1, -0.05) is 32.4 Å². The van der Waals surface area contributed by atoms with E-state index in [9.17, 15) is 4.79 Å². The summed E-state index contributed by atoms with van der Waals surface area (Å²) in [5.74, 6) is 0.0698. The molecule has 0 bridgehead atoms. The monoisotopic (exact) mass is 337 g/mol. The molecule has 1 amide bonds. The fourth-order valence-electron chi connectivity index (χ4n) is 4.73. The Kier molecular flexibility index (Phi) is 3.95. The summed E-state index contributed by atoms with van der Waals surface area (Å²) >= 11 is 0. The summed E-state index contributed by atoms with van der Waals surface area (Å²) in [7, 11) is 2.11. The summed E-state index contributed by atoms with van der Waals surface area (Å²) in [4.78, 5) is 17.6. The minimum atomic E-state index is -0.229. The van der Waals surface area contributed by atoms with Crippen LogP contribution in [0.3, 0.4) is 0 Å². The van der Waals surface area contributed by atoms with E-state index in [0.29, 0.717) is 18.5 Å². The lowest BCUT2D eigenvalue weighted by Gasteiger charge is -2.40. The van der Waals surface area contributed by atoms with Crippen molar-refractivity contribution < 1.29 is 4.79 Å². The zero-order valence-electron chi connectivity index (χ0n) is 15.3. The molecule has 4 nitrogen and oxygen atoms in total. The van der Waals surface area contributed by atoms with E-state index in [4.69, 9.17) is 5.73 Å². The molecule has 0 radical (unpaired) electrons. The Balaban J connectivity index is 1.97. The molecule has 4 rings (SSSR count). The van der Waals surface area contributed by atoms with Gasteiger partial charge in [0.2, 0.25) is 5.91 Å². The second kappa shape index (κ2) is 6.03. The maximum absolute atomic E-state index is 11.9. The fourth-order valence-corrected chi connectivity index (χ4v) is 4.73. The van der Waals surface area contributed by atoms with Crippen LogP contribution in [0.15, 0.2) is 24.4 Å². The SMILES string of the molecule is CCC[C@@H](C)c1ccc2[nH]cc3c2c1C1=CC(C(N)=O)CN(C)C1C3. The first-order valence-corrected chi connectivity index (χ1v) is 9.35. The van der Waals surface area contributed by atoms with Crippen LogP contribution < -0.4 is 5.73 Å². The first kappa shape index (κ1) is 16.4. The number of primary amides is 1. The van der Waals surface area contributed by atoms with Crippen molar-refractivity contribution in [2.24, 2.45) is 11.7 Å². The highest BCUT2D eigenvalue weighted by Crippen LogP contribution is 2.44. The molecule has 2 aliphatic rings. The predicted octanol–water partition coefficient (Wildman–Crippen LogP) is 3.43. The van der Waals surface area contributed by atoms with Gasteiger partial charge in [-0.25, -0.2) is 0 Å². The standard InChI is InChI=1S/C21H27N3O/c1-4-5-12(2)15-6-7-17-19-13(10-23-17)9-18-16(20(15)19)8-14(21(22)25)11-24(18)3/h6-8,10,12,14,18,23H,4-5,9,11H2,1-3H3,(H2,22,25)/t12-,14?,18?/m1/s1. The number of nitrogens with two attached hydrogens (primary N) is 1. The highest BCUT2D eigenvalue weighted by molar-refractivity contribution is 6.00. The zero-order chi connectivity index (χ0) is 17.7. The quantitative estimate of drug-likeness (QED) is 0.898. The third-order valence-electron chi connectivity index (χ3n) is 6.04. The van der Waals surface area contributed by atoms with Crippen molar-refractivity contribution in [2.75, 3.05) is 13.6 Å². The average Bonchev–Trinajstić information content (AvgIpc) is 3.00. The summed E-state index contributed by atoms with van der Waals surface area (Å²) in [5.41, 5.74) is 12.3. The molecule has 0 fully saturated rings. The fraction of sp³-hybridized carbons (Fsp3) is 0.476. The molecule has 2 aromatic rings. The van der Waals surface area contributed by atoms with Gasteiger partial charge >= 0.3 is 0 Å². The van der Waals surface area contributed by atoms with Gasteiger partial charge in [0.05, 0.1) is 5.92 Å². The predicted molar refractivity (Wildman–Crippen MR) is 102 cm³/mol. The average molecular weight is 337 g/mol. The first-order valence-electron chi connectivity index (χ1n) is 9.35. The Hall–Kier alpha value is -2.07. The smallest absolute Gasteiger partial charge is 0.225 e. The van der Waals surface area contributed by atoms with E-state index in [2.05, 4.69) is 55.2 Å². The number of carbonyl (C=O) groups excluding carboxylic acids is 1. The number of fused-ring (bicyclic) bond motifs is 2. The van der Waals surface area contributed by atoms with Gasteiger partial charge in [-0.15, -0.1) is 0 Å². The topological polar surface area (TPSA) is 62.1 Å². The number of hydrogen-bond donors (Lipinski definition) is 2. The molecular formula is C21H27N3O. The van der Waals surface area contributed by atoms with E-state index in [1.807, 2.05) is 0 Å². The third-order valence-corrected chi connectivity index (χ3v) is 6.04. The maximum atomic E-state index is 11.9. The van der Waals surface area contributed by atoms with Crippen molar-refractivity contribution in [1.29, 1.82) is 0 Å². The van der Waals surface area contributed by atoms with Gasteiger partial charge < -0.3 is 10.7 Å². The molecule has 0 saturated carbocycles. The number of H-pyrrole nitrogens is 1. The van der Waals surface area contributed by atoms with E-state index >= 15 is 0 Å². The van der Waals surface area contributed by atoms with Crippen LogP contribution in [0.5, 0.6) is 0 Å². The van der Waals surface area contributed by atoms with Gasteiger partial charge in [-0.2, -0.15) is 0 Å². The molecule has 3 N–H and O–H groups in total. The second-order valence-corrected chi connectivity index (χ2v) is 7.75. The Labute approximate surface area is 149 Å². The normalized spacial score (nSPS) is 24.0. The van der Waals surface area contributed by atoms with Gasteiger partial charge in [-0.05, 0) is 54.1 Å². The van der Waals surface area contributed by atoms with Crippen molar-refractivity contribution >= 4 is 22.4 Å². The Morgan fingerprint density at radius 2 is 2.24 bits per heavy atom. The first-order chi connectivity index (χ1) is 12.0. The second-order valence-electron chi connectivity index (χ2n) is 7.75. The summed E-state index contributed by atoms with van der Waals surface area (Å²) < 4.78 is 0. The van der Waals surface area contributed by atoms with Gasteiger partial charge in [-0.3, -0.25) is 9.69 Å². The molecule has 3 atom stereocenters. The van der Waals surface area contributed by atoms with Crippen LogP contribution in [0.4, 0.5) is 0 Å². The van der Waals surface area contributed by atoms with E-state index in [1.165, 1.54) is 46.0 Å². The number of likely N-dealkylation sites (N-methyl/N-ethyl adjacent to an activating group) is 1. The molecule has 1 aromatic heterocycles. The Bertz CT molecular complexity index is 863. The van der Waals surface area contributed by atoms with Gasteiger partial charge in [0.1, 0.15) is 0 Å². The van der Waals surface area contributed by atoms with Crippen LogP contribution in [-0.4, -0.2) is 35.4 Å². The Morgan fingerprint density at radius 1 is 1.44 bits per heavy atom. The number of nitrogens with one attached hydrogen (secondary N) is 1. The molecule has 1 aliphatic heterocycles. The lowest BCUT2D eigenvalue weighted by atomic mass is 9.75. The molecule has 25 heavy (non-hydrogen) atoms. The number of benzene rings is 1. The van der Waals surface area contributed by atoms with Crippen molar-refractivity contribution in [3.8, 4) is 0 Å². The van der Waals surface area contributed by atoms with Crippen LogP contribution in [0.1, 0.15) is 49.3 Å². The molecule has 0 saturated heterocycles. The number of amides is 1. The van der Waals surface area contributed by atoms with E-state index in [0.717, 1.165) is 6.42 Å². The lowest BCUT2D eigenvalue weighted by molar-refractivity contribution is -0.121. The third kappa shape index (κ3) is 2.51. The summed E-state index contributed by atoms with van der Waals surface area (Å²) in [6.45, 7) is 5.26. The van der Waals surface area contributed by atoms with Crippen LogP contribution in [0.25, 0.3) is 16.5 Å². The van der Waals surface area contributed by atoms with Crippen LogP contribution in [0, 0.1) is 5.92 Å². The van der Waals surface area contributed by atoms with E-state index in [1.54, 1.807) is 0 Å². The number of carbonyl (C=O) groups is 1. The molecule has 4 heteroatoms. The molecule has 132 valence electrons. The summed E-state index contributed by atoms with van der Waals surface area (Å²) in [5, 5.41) is 1.35.